The standard InChI is InChI=1S/C2H5O3P/c1-2-6(3,4)5/h2H,1H2,(H2,3,4,5)/p-2. The molecule has 6 heavy (non-hydrogen) atoms. The summed E-state index contributed by atoms with van der Waals surface area (Å²) in [5.74, 6) is 0.382. The molecule has 4 heteroatoms. The molecule has 0 aliphatic carbocycles. The Labute approximate surface area is 35.5 Å². The van der Waals surface area contributed by atoms with E-state index in [4.69, 9.17) is 0 Å². The SMILES string of the molecule is C=CP(=O)([O-])[O-]. The Bertz CT molecular complexity index is 91.0. The van der Waals surface area contributed by atoms with Crippen LogP contribution in [0.1, 0.15) is 0 Å². The van der Waals surface area contributed by atoms with Crippen molar-refractivity contribution in [2.75, 3.05) is 0 Å². The van der Waals surface area contributed by atoms with Crippen molar-refractivity contribution in [3.05, 3.63) is 12.4 Å². The van der Waals surface area contributed by atoms with Gasteiger partial charge in [-0.25, -0.2) is 0 Å². The number of rotatable bonds is 1. The van der Waals surface area contributed by atoms with Gasteiger partial charge in [0.2, 0.25) is 0 Å². The van der Waals surface area contributed by atoms with Gasteiger partial charge in [0.15, 0.2) is 0 Å². The summed E-state index contributed by atoms with van der Waals surface area (Å²) in [4.78, 5) is 18.7. The fraction of sp³-hybridized carbons (Fsp3) is 0. The third kappa shape index (κ3) is 3.89. The van der Waals surface area contributed by atoms with Gasteiger partial charge in [-0.3, -0.25) is 0 Å². The van der Waals surface area contributed by atoms with Crippen LogP contribution >= 0.6 is 7.60 Å². The molecule has 0 atom stereocenters. The van der Waals surface area contributed by atoms with Gasteiger partial charge in [-0.15, -0.1) is 0 Å². The number of hydrogen-bond acceptors (Lipinski definition) is 3. The van der Waals surface area contributed by atoms with Crippen LogP contribution < -0.4 is 9.79 Å². The van der Waals surface area contributed by atoms with Crippen LogP contribution in [0.2, 0.25) is 0 Å². The van der Waals surface area contributed by atoms with Gasteiger partial charge < -0.3 is 14.4 Å². The molecule has 0 aliphatic rings. The smallest absolute Gasteiger partial charge is 0.0454 e. The van der Waals surface area contributed by atoms with Crippen molar-refractivity contribution in [2.45, 2.75) is 0 Å². The maximum atomic E-state index is 9.35. The Hall–Kier alpha value is -0.110. The van der Waals surface area contributed by atoms with Crippen LogP contribution in [-0.2, 0) is 4.57 Å². The first kappa shape index (κ1) is 5.89. The third-order valence-electron chi connectivity index (χ3n) is 0.224. The van der Waals surface area contributed by atoms with Crippen LogP contribution in [-0.4, -0.2) is 0 Å². The average Bonchev–Trinajstić information content (AvgIpc) is 1.35. The second-order valence-electron chi connectivity index (χ2n) is 0.722. The minimum Gasteiger partial charge on any atom is -0.808 e. The quantitative estimate of drug-likeness (QED) is 0.404. The van der Waals surface area contributed by atoms with Gasteiger partial charge in [0.1, 0.15) is 0 Å². The van der Waals surface area contributed by atoms with E-state index in [9.17, 15) is 14.4 Å². The molecule has 0 aliphatic heterocycles. The van der Waals surface area contributed by atoms with Gasteiger partial charge in [0.05, 0.1) is 0 Å². The predicted octanol–water partition coefficient (Wildman–Crippen LogP) is -0.956. The topological polar surface area (TPSA) is 63.2 Å². The van der Waals surface area contributed by atoms with Gasteiger partial charge in [-0.2, -0.15) is 0 Å². The van der Waals surface area contributed by atoms with Crippen LogP contribution in [0.15, 0.2) is 12.4 Å². The van der Waals surface area contributed by atoms with Crippen molar-refractivity contribution in [3.8, 4) is 0 Å². The molecule has 0 heterocycles. The van der Waals surface area contributed by atoms with E-state index in [-0.39, 0.29) is 0 Å². The van der Waals surface area contributed by atoms with Crippen molar-refractivity contribution < 1.29 is 14.4 Å². The number of hydrogen-bond donors (Lipinski definition) is 0. The molecule has 0 radical (unpaired) electrons. The first-order valence-electron chi connectivity index (χ1n) is 1.21. The monoisotopic (exact) mass is 106 g/mol. The second-order valence-corrected chi connectivity index (χ2v) is 2.17. The lowest BCUT2D eigenvalue weighted by Crippen LogP contribution is -2.09. The molecule has 36 valence electrons. The predicted molar refractivity (Wildman–Crippen MR) is 17.8 cm³/mol. The molecule has 0 saturated heterocycles. The fourth-order valence-corrected chi connectivity index (χ4v) is 0. The third-order valence-corrected chi connectivity index (χ3v) is 0.671. The van der Waals surface area contributed by atoms with Crippen molar-refractivity contribution in [1.82, 2.24) is 0 Å². The van der Waals surface area contributed by atoms with Crippen LogP contribution in [0.3, 0.4) is 0 Å². The average molecular weight is 106 g/mol. The van der Waals surface area contributed by atoms with E-state index >= 15 is 0 Å². The first-order valence-corrected chi connectivity index (χ1v) is 2.83. The molecular weight excluding hydrogens is 103 g/mol. The van der Waals surface area contributed by atoms with Gasteiger partial charge in [0, 0.05) is 0 Å². The zero-order valence-electron chi connectivity index (χ0n) is 2.96. The molecule has 0 bridgehead atoms. The van der Waals surface area contributed by atoms with Crippen LogP contribution in [0.25, 0.3) is 0 Å². The molecule has 0 fully saturated rings. The highest BCUT2D eigenvalue weighted by atomic mass is 31.2. The van der Waals surface area contributed by atoms with Crippen molar-refractivity contribution in [2.24, 2.45) is 0 Å². The highest BCUT2D eigenvalue weighted by Crippen LogP contribution is 2.22. The summed E-state index contributed by atoms with van der Waals surface area (Å²) in [5.41, 5.74) is 0. The van der Waals surface area contributed by atoms with E-state index in [0.717, 1.165) is 0 Å². The summed E-state index contributed by atoms with van der Waals surface area (Å²) in [6.45, 7) is 2.74. The summed E-state index contributed by atoms with van der Waals surface area (Å²) in [5, 5.41) is 0. The van der Waals surface area contributed by atoms with Crippen LogP contribution in [0, 0.1) is 0 Å². The molecule has 0 aromatic heterocycles. The highest BCUT2D eigenvalue weighted by molar-refractivity contribution is 7.52. The Morgan fingerprint density at radius 3 is 1.83 bits per heavy atom. The lowest BCUT2D eigenvalue weighted by atomic mass is 11.3. The van der Waals surface area contributed by atoms with E-state index < -0.39 is 7.60 Å². The van der Waals surface area contributed by atoms with E-state index in [1.807, 2.05) is 0 Å². The molecule has 0 amide bonds. The molecule has 0 rings (SSSR count). The summed E-state index contributed by atoms with van der Waals surface area (Å²) in [6, 6.07) is 0. The summed E-state index contributed by atoms with van der Waals surface area (Å²) >= 11 is 0. The maximum Gasteiger partial charge on any atom is -0.0454 e. The maximum absolute atomic E-state index is 9.35. The van der Waals surface area contributed by atoms with E-state index in [1.165, 1.54) is 0 Å². The molecule has 3 nitrogen and oxygen atoms in total. The Morgan fingerprint density at radius 1 is 1.67 bits per heavy atom. The first-order chi connectivity index (χ1) is 2.56. The normalized spacial score (nSPS) is 11.0. The molecule has 0 N–H and O–H groups in total. The molecular formula is C2H3O3P-2. The zero-order chi connectivity index (χ0) is 5.21. The van der Waals surface area contributed by atoms with Crippen molar-refractivity contribution in [3.63, 3.8) is 0 Å². The zero-order valence-corrected chi connectivity index (χ0v) is 3.85. The molecule has 0 aromatic carbocycles. The Morgan fingerprint density at radius 2 is 1.83 bits per heavy atom. The summed E-state index contributed by atoms with van der Waals surface area (Å²) in [7, 11) is -4.38. The van der Waals surface area contributed by atoms with E-state index in [1.54, 1.807) is 0 Å². The minimum atomic E-state index is -4.38. The lowest BCUT2D eigenvalue weighted by Gasteiger charge is -2.23. The highest BCUT2D eigenvalue weighted by Gasteiger charge is 1.69. The molecule has 0 unspecified atom stereocenters. The molecule has 0 spiro atoms. The summed E-state index contributed by atoms with van der Waals surface area (Å²) < 4.78 is 9.35. The Kier molecular flexibility index (Phi) is 1.53. The fourth-order valence-electron chi connectivity index (χ4n) is 0. The van der Waals surface area contributed by atoms with Crippen LogP contribution in [0.4, 0.5) is 0 Å². The molecule has 0 saturated carbocycles. The minimum absolute atomic E-state index is 0.382. The van der Waals surface area contributed by atoms with Gasteiger partial charge in [0.25, 0.3) is 0 Å². The van der Waals surface area contributed by atoms with Crippen molar-refractivity contribution >= 4 is 7.60 Å². The lowest BCUT2D eigenvalue weighted by molar-refractivity contribution is -0.308. The largest absolute Gasteiger partial charge is 0.808 e. The van der Waals surface area contributed by atoms with E-state index in [2.05, 4.69) is 6.58 Å². The molecule has 0 aromatic rings. The van der Waals surface area contributed by atoms with Gasteiger partial charge in [-0.1, -0.05) is 12.4 Å². The van der Waals surface area contributed by atoms with Gasteiger partial charge in [-0.05, 0) is 7.60 Å². The Balaban J connectivity index is 3.81. The van der Waals surface area contributed by atoms with E-state index in [0.29, 0.717) is 5.82 Å². The second kappa shape index (κ2) is 1.56. The van der Waals surface area contributed by atoms with Crippen molar-refractivity contribution in [1.29, 1.82) is 0 Å². The van der Waals surface area contributed by atoms with Gasteiger partial charge >= 0.3 is 0 Å². The van der Waals surface area contributed by atoms with Crippen LogP contribution in [0.5, 0.6) is 0 Å². The summed E-state index contributed by atoms with van der Waals surface area (Å²) in [6.07, 6.45) is 0.